The van der Waals surface area contributed by atoms with Crippen molar-refractivity contribution in [3.05, 3.63) is 58.2 Å². The van der Waals surface area contributed by atoms with Crippen molar-refractivity contribution < 1.29 is 9.53 Å². The Bertz CT molecular complexity index is 739. The molecule has 26 heavy (non-hydrogen) atoms. The fourth-order valence-corrected chi connectivity index (χ4v) is 3.45. The van der Waals surface area contributed by atoms with Gasteiger partial charge in [-0.25, -0.2) is 4.98 Å². The van der Waals surface area contributed by atoms with E-state index in [1.807, 2.05) is 43.3 Å². The summed E-state index contributed by atoms with van der Waals surface area (Å²) in [7, 11) is 0. The second-order valence-electron chi connectivity index (χ2n) is 6.81. The van der Waals surface area contributed by atoms with E-state index in [0.717, 1.165) is 28.9 Å². The van der Waals surface area contributed by atoms with Gasteiger partial charge in [0.15, 0.2) is 0 Å². The van der Waals surface area contributed by atoms with Gasteiger partial charge in [-0.1, -0.05) is 28.1 Å². The third-order valence-electron chi connectivity index (χ3n) is 4.47. The number of amides is 1. The van der Waals surface area contributed by atoms with E-state index < -0.39 is 0 Å². The maximum Gasteiger partial charge on any atom is 0.253 e. The summed E-state index contributed by atoms with van der Waals surface area (Å²) in [5, 5.41) is 3.02. The molecule has 2 heterocycles. The Balaban J connectivity index is 1.64. The first-order chi connectivity index (χ1) is 12.4. The number of nitrogens with zero attached hydrogens (tertiary/aromatic N) is 2. The van der Waals surface area contributed by atoms with Crippen LogP contribution in [0, 0.1) is 0 Å². The first-order valence-electron chi connectivity index (χ1n) is 8.85. The lowest BCUT2D eigenvalue weighted by Crippen LogP contribution is -2.45. The number of hydrogen-bond donors (Lipinski definition) is 1. The number of halogens is 1. The van der Waals surface area contributed by atoms with Gasteiger partial charge in [0, 0.05) is 23.8 Å². The minimum atomic E-state index is -0.122. The quantitative estimate of drug-likeness (QED) is 0.817. The molecule has 1 saturated heterocycles. The molecule has 6 heteroatoms. The van der Waals surface area contributed by atoms with Crippen LogP contribution in [0.4, 0.5) is 5.82 Å². The lowest BCUT2D eigenvalue weighted by Gasteiger charge is -2.36. The zero-order valence-corrected chi connectivity index (χ0v) is 16.9. The number of morpholine rings is 1. The number of pyridine rings is 1. The molecule has 1 amide bonds. The van der Waals surface area contributed by atoms with Crippen molar-refractivity contribution >= 4 is 27.7 Å². The average Bonchev–Trinajstić information content (AvgIpc) is 2.61. The monoisotopic (exact) mass is 417 g/mol. The molecule has 0 aliphatic carbocycles. The third kappa shape index (κ3) is 4.62. The van der Waals surface area contributed by atoms with Gasteiger partial charge in [0.25, 0.3) is 5.91 Å². The highest BCUT2D eigenvalue weighted by atomic mass is 79.9. The summed E-state index contributed by atoms with van der Waals surface area (Å²) in [6.07, 6.45) is 2.00. The van der Waals surface area contributed by atoms with Crippen molar-refractivity contribution in [1.29, 1.82) is 0 Å². The lowest BCUT2D eigenvalue weighted by atomic mass is 10.1. The largest absolute Gasteiger partial charge is 0.372 e. The standard InChI is InChI=1S/C20H24BrN3O2/c1-13-11-24(12-14(2)26-13)19-9-6-17(10-22-19)20(25)23-15(3)16-4-7-18(21)8-5-16/h4-10,13-15H,11-12H2,1-3H3,(H,23,25)/t13-,14+,15-/m0/s1. The summed E-state index contributed by atoms with van der Waals surface area (Å²) in [6.45, 7) is 7.72. The van der Waals surface area contributed by atoms with Crippen LogP contribution in [0.1, 0.15) is 42.7 Å². The van der Waals surface area contributed by atoms with Gasteiger partial charge in [-0.05, 0) is 50.6 Å². The van der Waals surface area contributed by atoms with Crippen LogP contribution in [0.25, 0.3) is 0 Å². The normalized spacial score (nSPS) is 21.3. The second kappa shape index (κ2) is 8.18. The van der Waals surface area contributed by atoms with Crippen LogP contribution in [0.15, 0.2) is 47.1 Å². The summed E-state index contributed by atoms with van der Waals surface area (Å²) in [4.78, 5) is 19.2. The molecule has 1 N–H and O–H groups in total. The molecule has 0 unspecified atom stereocenters. The Morgan fingerprint density at radius 1 is 1.19 bits per heavy atom. The van der Waals surface area contributed by atoms with Crippen LogP contribution in [0.2, 0.25) is 0 Å². The molecular formula is C20H24BrN3O2. The lowest BCUT2D eigenvalue weighted by molar-refractivity contribution is -0.00546. The van der Waals surface area contributed by atoms with Crippen molar-refractivity contribution in [2.75, 3.05) is 18.0 Å². The molecule has 2 aromatic rings. The minimum Gasteiger partial charge on any atom is -0.372 e. The number of rotatable bonds is 4. The fourth-order valence-electron chi connectivity index (χ4n) is 3.19. The van der Waals surface area contributed by atoms with Crippen LogP contribution >= 0.6 is 15.9 Å². The summed E-state index contributed by atoms with van der Waals surface area (Å²) >= 11 is 3.42. The molecule has 1 aliphatic rings. The van der Waals surface area contributed by atoms with E-state index in [1.54, 1.807) is 6.20 Å². The van der Waals surface area contributed by atoms with Gasteiger partial charge >= 0.3 is 0 Å². The van der Waals surface area contributed by atoms with E-state index in [1.165, 1.54) is 0 Å². The van der Waals surface area contributed by atoms with E-state index in [0.29, 0.717) is 5.56 Å². The minimum absolute atomic E-state index is 0.0729. The molecule has 0 saturated carbocycles. The number of nitrogens with one attached hydrogen (secondary N) is 1. The summed E-state index contributed by atoms with van der Waals surface area (Å²) in [5.41, 5.74) is 1.62. The average molecular weight is 418 g/mol. The highest BCUT2D eigenvalue weighted by Crippen LogP contribution is 2.20. The van der Waals surface area contributed by atoms with Gasteiger partial charge in [-0.2, -0.15) is 0 Å². The smallest absolute Gasteiger partial charge is 0.253 e. The van der Waals surface area contributed by atoms with Crippen molar-refractivity contribution in [2.24, 2.45) is 0 Å². The summed E-state index contributed by atoms with van der Waals surface area (Å²) < 4.78 is 6.78. The molecule has 5 nitrogen and oxygen atoms in total. The number of ether oxygens (including phenoxy) is 1. The fraction of sp³-hybridized carbons (Fsp3) is 0.400. The van der Waals surface area contributed by atoms with Gasteiger partial charge in [0.1, 0.15) is 5.82 Å². The van der Waals surface area contributed by atoms with E-state index in [2.05, 4.69) is 45.0 Å². The maximum absolute atomic E-state index is 12.5. The molecule has 1 fully saturated rings. The molecule has 1 aromatic heterocycles. The van der Waals surface area contributed by atoms with Gasteiger partial charge in [-0.3, -0.25) is 4.79 Å². The van der Waals surface area contributed by atoms with E-state index in [4.69, 9.17) is 4.74 Å². The molecular weight excluding hydrogens is 394 g/mol. The van der Waals surface area contributed by atoms with Crippen LogP contribution in [-0.4, -0.2) is 36.2 Å². The Labute approximate surface area is 162 Å². The highest BCUT2D eigenvalue weighted by molar-refractivity contribution is 9.10. The molecule has 3 rings (SSSR count). The van der Waals surface area contributed by atoms with Gasteiger partial charge in [-0.15, -0.1) is 0 Å². The number of benzene rings is 1. The zero-order chi connectivity index (χ0) is 18.7. The molecule has 3 atom stereocenters. The van der Waals surface area contributed by atoms with Crippen LogP contribution in [0.3, 0.4) is 0 Å². The van der Waals surface area contributed by atoms with E-state index in [9.17, 15) is 4.79 Å². The van der Waals surface area contributed by atoms with Gasteiger partial charge in [0.2, 0.25) is 0 Å². The number of hydrogen-bond acceptors (Lipinski definition) is 4. The first kappa shape index (κ1) is 18.9. The molecule has 1 aliphatic heterocycles. The van der Waals surface area contributed by atoms with E-state index >= 15 is 0 Å². The van der Waals surface area contributed by atoms with Crippen molar-refractivity contribution in [3.63, 3.8) is 0 Å². The topological polar surface area (TPSA) is 54.5 Å². The van der Waals surface area contributed by atoms with Crippen LogP contribution < -0.4 is 10.2 Å². The van der Waals surface area contributed by atoms with Crippen LogP contribution in [0.5, 0.6) is 0 Å². The Hall–Kier alpha value is -1.92. The van der Waals surface area contributed by atoms with Gasteiger partial charge in [0.05, 0.1) is 23.8 Å². The zero-order valence-electron chi connectivity index (χ0n) is 15.3. The molecule has 0 spiro atoms. The Morgan fingerprint density at radius 2 is 1.85 bits per heavy atom. The van der Waals surface area contributed by atoms with Crippen molar-refractivity contribution in [3.8, 4) is 0 Å². The summed E-state index contributed by atoms with van der Waals surface area (Å²) in [6, 6.07) is 11.6. The Morgan fingerprint density at radius 3 is 2.42 bits per heavy atom. The number of anilines is 1. The molecule has 1 aromatic carbocycles. The highest BCUT2D eigenvalue weighted by Gasteiger charge is 2.23. The molecule has 138 valence electrons. The predicted molar refractivity (Wildman–Crippen MR) is 106 cm³/mol. The predicted octanol–water partition coefficient (Wildman–Crippen LogP) is 3.95. The third-order valence-corrected chi connectivity index (χ3v) is 5.00. The number of aromatic nitrogens is 1. The summed E-state index contributed by atoms with van der Waals surface area (Å²) in [5.74, 6) is 0.757. The SMILES string of the molecule is C[C@@H]1CN(c2ccc(C(=O)N[C@@H](C)c3ccc(Br)cc3)cn2)C[C@H](C)O1. The number of carbonyl (C=O) groups excluding carboxylic acids is 1. The number of carbonyl (C=O) groups is 1. The van der Waals surface area contributed by atoms with Gasteiger partial charge < -0.3 is 15.0 Å². The van der Waals surface area contributed by atoms with Crippen LogP contribution in [-0.2, 0) is 4.74 Å². The first-order valence-corrected chi connectivity index (χ1v) is 9.64. The van der Waals surface area contributed by atoms with Crippen molar-refractivity contribution in [2.45, 2.75) is 39.0 Å². The van der Waals surface area contributed by atoms with E-state index in [-0.39, 0.29) is 24.2 Å². The maximum atomic E-state index is 12.5. The van der Waals surface area contributed by atoms with Crippen molar-refractivity contribution in [1.82, 2.24) is 10.3 Å². The second-order valence-corrected chi connectivity index (χ2v) is 7.73. The Kier molecular flexibility index (Phi) is 5.94. The molecule has 0 bridgehead atoms. The molecule has 0 radical (unpaired) electrons.